The summed E-state index contributed by atoms with van der Waals surface area (Å²) in [5, 5.41) is 32.1. The Labute approximate surface area is 142 Å². The molecule has 2 aliphatic heterocycles. The Morgan fingerprint density at radius 2 is 1.96 bits per heavy atom. The Balaban J connectivity index is 1.48. The number of ether oxygens (including phenoxy) is 2. The fourth-order valence-electron chi connectivity index (χ4n) is 2.98. The summed E-state index contributed by atoms with van der Waals surface area (Å²) >= 11 is 0. The van der Waals surface area contributed by atoms with Gasteiger partial charge in [0.25, 0.3) is 0 Å². The van der Waals surface area contributed by atoms with Crippen LogP contribution in [0.5, 0.6) is 5.88 Å². The molecule has 2 fully saturated rings. The highest BCUT2D eigenvalue weighted by Crippen LogP contribution is 2.32. The number of aliphatic hydroxyl groups excluding tert-OH is 2. The van der Waals surface area contributed by atoms with Gasteiger partial charge >= 0.3 is 0 Å². The van der Waals surface area contributed by atoms with E-state index in [9.17, 15) is 15.3 Å². The van der Waals surface area contributed by atoms with Gasteiger partial charge in [-0.05, 0) is 0 Å². The first-order valence-corrected chi connectivity index (χ1v) is 7.99. The molecule has 2 aromatic rings. The van der Waals surface area contributed by atoms with Crippen LogP contribution in [-0.4, -0.2) is 91.1 Å². The van der Waals surface area contributed by atoms with Gasteiger partial charge in [0.1, 0.15) is 24.6 Å². The van der Waals surface area contributed by atoms with Gasteiger partial charge in [-0.3, -0.25) is 9.40 Å². The van der Waals surface area contributed by atoms with Crippen molar-refractivity contribution in [1.82, 2.24) is 24.6 Å². The molecule has 4 heterocycles. The summed E-state index contributed by atoms with van der Waals surface area (Å²) in [5.74, 6) is -0.260. The van der Waals surface area contributed by atoms with Crippen molar-refractivity contribution in [2.75, 3.05) is 32.9 Å². The molecule has 0 radical (unpaired) electrons. The van der Waals surface area contributed by atoms with Crippen LogP contribution in [0.15, 0.2) is 12.7 Å². The van der Waals surface area contributed by atoms with E-state index in [0.717, 1.165) is 0 Å². The average molecular weight is 353 g/mol. The molecule has 4 rings (SSSR count). The lowest BCUT2D eigenvalue weighted by Gasteiger charge is -2.27. The van der Waals surface area contributed by atoms with Crippen LogP contribution in [-0.2, 0) is 14.3 Å². The van der Waals surface area contributed by atoms with Gasteiger partial charge in [-0.2, -0.15) is 10.0 Å². The number of morpholine rings is 1. The van der Waals surface area contributed by atoms with Gasteiger partial charge in [-0.1, -0.05) is 0 Å². The Morgan fingerprint density at radius 1 is 1.16 bits per heavy atom. The SMILES string of the molecule is Oc1ncnc2c1ncn2[C@@H]1O[C@H](CON2CCOCC2)[C@@H](O)[C@H]1O. The Bertz CT molecular complexity index is 736. The van der Waals surface area contributed by atoms with E-state index in [4.69, 9.17) is 14.3 Å². The van der Waals surface area contributed by atoms with E-state index in [0.29, 0.717) is 32.0 Å². The monoisotopic (exact) mass is 353 g/mol. The van der Waals surface area contributed by atoms with Gasteiger partial charge in [0.05, 0.1) is 26.1 Å². The zero-order chi connectivity index (χ0) is 17.4. The highest BCUT2D eigenvalue weighted by atomic mass is 16.7. The topological polar surface area (TPSA) is 135 Å². The highest BCUT2D eigenvalue weighted by Gasteiger charge is 2.44. The van der Waals surface area contributed by atoms with E-state index in [-0.39, 0.29) is 18.0 Å². The third kappa shape index (κ3) is 3.05. The molecule has 25 heavy (non-hydrogen) atoms. The van der Waals surface area contributed by atoms with Gasteiger partial charge in [-0.15, -0.1) is 0 Å². The summed E-state index contributed by atoms with van der Waals surface area (Å²) in [6, 6.07) is 0. The van der Waals surface area contributed by atoms with E-state index >= 15 is 0 Å². The average Bonchev–Trinajstić information content (AvgIpc) is 3.18. The lowest BCUT2D eigenvalue weighted by molar-refractivity contribution is -0.217. The Morgan fingerprint density at radius 3 is 2.76 bits per heavy atom. The van der Waals surface area contributed by atoms with Crippen LogP contribution in [0.2, 0.25) is 0 Å². The van der Waals surface area contributed by atoms with Gasteiger partial charge in [0, 0.05) is 13.1 Å². The molecule has 0 spiro atoms. The highest BCUT2D eigenvalue weighted by molar-refractivity contribution is 5.75. The fourth-order valence-corrected chi connectivity index (χ4v) is 2.98. The lowest BCUT2D eigenvalue weighted by Crippen LogP contribution is -2.40. The number of aromatic nitrogens is 4. The van der Waals surface area contributed by atoms with Gasteiger partial charge in [0.15, 0.2) is 17.4 Å². The molecular weight excluding hydrogens is 334 g/mol. The predicted octanol–water partition coefficient (Wildman–Crippen LogP) is -1.59. The first-order valence-electron chi connectivity index (χ1n) is 7.99. The molecule has 0 unspecified atom stereocenters. The van der Waals surface area contributed by atoms with Crippen molar-refractivity contribution in [3.8, 4) is 5.88 Å². The van der Waals surface area contributed by atoms with Crippen molar-refractivity contribution in [3.63, 3.8) is 0 Å². The quantitative estimate of drug-likeness (QED) is 0.590. The van der Waals surface area contributed by atoms with Crippen LogP contribution in [0.4, 0.5) is 0 Å². The molecule has 3 N–H and O–H groups in total. The third-order valence-electron chi connectivity index (χ3n) is 4.34. The number of imidazole rings is 1. The minimum atomic E-state index is -1.19. The second-order valence-electron chi connectivity index (χ2n) is 5.90. The fraction of sp³-hybridized carbons (Fsp3) is 0.643. The van der Waals surface area contributed by atoms with Crippen LogP contribution in [0.3, 0.4) is 0 Å². The smallest absolute Gasteiger partial charge is 0.242 e. The molecule has 0 aliphatic carbocycles. The zero-order valence-electron chi connectivity index (χ0n) is 13.3. The van der Waals surface area contributed by atoms with Gasteiger partial charge in [-0.25, -0.2) is 9.97 Å². The lowest BCUT2D eigenvalue weighted by atomic mass is 10.1. The van der Waals surface area contributed by atoms with E-state index in [1.165, 1.54) is 17.2 Å². The molecule has 4 atom stereocenters. The van der Waals surface area contributed by atoms with E-state index in [2.05, 4.69) is 15.0 Å². The standard InChI is InChI=1S/C14H19N5O6/c20-10-8(5-24-18-1-3-23-4-2-18)25-14(11(10)21)19-7-17-9-12(19)15-6-16-13(9)22/h6-8,10-11,14,20-21H,1-5H2,(H,15,16,22)/t8-,10-,11-,14-/m1/s1. The number of fused-ring (bicyclic) bond motifs is 1. The van der Waals surface area contributed by atoms with Crippen LogP contribution in [0.25, 0.3) is 11.2 Å². The van der Waals surface area contributed by atoms with Crippen LogP contribution in [0.1, 0.15) is 6.23 Å². The maximum absolute atomic E-state index is 10.3. The van der Waals surface area contributed by atoms with Crippen molar-refractivity contribution in [1.29, 1.82) is 0 Å². The van der Waals surface area contributed by atoms with Gasteiger partial charge in [0.2, 0.25) is 5.88 Å². The van der Waals surface area contributed by atoms with Crippen LogP contribution < -0.4 is 0 Å². The first kappa shape index (κ1) is 16.6. The summed E-state index contributed by atoms with van der Waals surface area (Å²) in [7, 11) is 0. The van der Waals surface area contributed by atoms with E-state index < -0.39 is 24.5 Å². The number of nitrogens with zero attached hydrogens (tertiary/aromatic N) is 5. The number of rotatable bonds is 4. The van der Waals surface area contributed by atoms with Crippen molar-refractivity contribution >= 4 is 11.2 Å². The van der Waals surface area contributed by atoms with Crippen molar-refractivity contribution in [2.45, 2.75) is 24.5 Å². The molecule has 11 nitrogen and oxygen atoms in total. The largest absolute Gasteiger partial charge is 0.492 e. The molecule has 11 heteroatoms. The Kier molecular flexibility index (Phi) is 4.50. The molecule has 2 aliphatic rings. The number of hydrogen-bond acceptors (Lipinski definition) is 10. The second-order valence-corrected chi connectivity index (χ2v) is 5.90. The van der Waals surface area contributed by atoms with E-state index in [1.54, 1.807) is 5.06 Å². The van der Waals surface area contributed by atoms with Crippen LogP contribution >= 0.6 is 0 Å². The van der Waals surface area contributed by atoms with Crippen molar-refractivity contribution < 1.29 is 29.6 Å². The number of aromatic hydroxyl groups is 1. The summed E-state index contributed by atoms with van der Waals surface area (Å²) < 4.78 is 12.5. The van der Waals surface area contributed by atoms with Crippen LogP contribution in [0, 0.1) is 0 Å². The Hall–Kier alpha value is -1.89. The van der Waals surface area contributed by atoms with Crippen molar-refractivity contribution in [2.24, 2.45) is 0 Å². The molecule has 0 saturated carbocycles. The van der Waals surface area contributed by atoms with Crippen molar-refractivity contribution in [3.05, 3.63) is 12.7 Å². The second kappa shape index (κ2) is 6.78. The molecule has 136 valence electrons. The molecule has 0 bridgehead atoms. The zero-order valence-corrected chi connectivity index (χ0v) is 13.3. The maximum atomic E-state index is 10.3. The third-order valence-corrected chi connectivity index (χ3v) is 4.34. The molecule has 0 aromatic carbocycles. The first-order chi connectivity index (χ1) is 12.1. The number of hydrogen-bond donors (Lipinski definition) is 3. The number of hydroxylamine groups is 2. The summed E-state index contributed by atoms with van der Waals surface area (Å²) in [4.78, 5) is 17.4. The summed E-state index contributed by atoms with van der Waals surface area (Å²) in [6.07, 6.45) is -1.35. The molecule has 0 amide bonds. The maximum Gasteiger partial charge on any atom is 0.242 e. The number of aliphatic hydroxyl groups is 2. The molecular formula is C14H19N5O6. The summed E-state index contributed by atoms with van der Waals surface area (Å²) in [5.41, 5.74) is 0.499. The summed E-state index contributed by atoms with van der Waals surface area (Å²) in [6.45, 7) is 2.54. The minimum Gasteiger partial charge on any atom is -0.492 e. The molecule has 2 saturated heterocycles. The van der Waals surface area contributed by atoms with Gasteiger partial charge < -0.3 is 24.8 Å². The van der Waals surface area contributed by atoms with E-state index in [1.807, 2.05) is 0 Å². The normalized spacial score (nSPS) is 31.0. The minimum absolute atomic E-state index is 0.0988. The predicted molar refractivity (Wildman–Crippen MR) is 81.3 cm³/mol. The molecule has 2 aromatic heterocycles.